The second-order valence-electron chi connectivity index (χ2n) is 4.85. The summed E-state index contributed by atoms with van der Waals surface area (Å²) in [6.07, 6.45) is 0. The number of esters is 1. The van der Waals surface area contributed by atoms with Crippen LogP contribution in [0.5, 0.6) is 0 Å². The molecule has 2 rings (SSSR count). The first-order valence-electron chi connectivity index (χ1n) is 6.82. The van der Waals surface area contributed by atoms with Crippen LogP contribution < -0.4 is 0 Å². The number of hydrogen-bond donors (Lipinski definition) is 0. The monoisotopic (exact) mass is 289 g/mol. The summed E-state index contributed by atoms with van der Waals surface area (Å²) in [5, 5.41) is 8.04. The summed E-state index contributed by atoms with van der Waals surface area (Å²) in [7, 11) is 1.80. The fraction of sp³-hybridized carbons (Fsp3) is 0.400. The Kier molecular flexibility index (Phi) is 5.05. The largest absolute Gasteiger partial charge is 0.465 e. The van der Waals surface area contributed by atoms with Crippen molar-refractivity contribution >= 4 is 5.97 Å². The molecule has 6 heteroatoms. The molecule has 0 aliphatic heterocycles. The Morgan fingerprint density at radius 2 is 2.19 bits per heavy atom. The van der Waals surface area contributed by atoms with Crippen molar-refractivity contribution in [2.45, 2.75) is 20.4 Å². The van der Waals surface area contributed by atoms with Crippen molar-refractivity contribution < 1.29 is 13.9 Å². The smallest absolute Gasteiger partial charge is 0.320 e. The summed E-state index contributed by atoms with van der Waals surface area (Å²) < 4.78 is 10.5. The average molecular weight is 289 g/mol. The van der Waals surface area contributed by atoms with Crippen LogP contribution in [0.1, 0.15) is 18.4 Å². The number of nitrogens with zero attached hydrogens (tertiary/aromatic N) is 3. The lowest BCUT2D eigenvalue weighted by molar-refractivity contribution is -0.144. The van der Waals surface area contributed by atoms with Crippen molar-refractivity contribution in [3.05, 3.63) is 35.7 Å². The molecule has 0 spiro atoms. The van der Waals surface area contributed by atoms with E-state index in [9.17, 15) is 4.79 Å². The molecule has 0 aliphatic rings. The van der Waals surface area contributed by atoms with Crippen LogP contribution in [0.25, 0.3) is 11.5 Å². The van der Waals surface area contributed by atoms with E-state index in [0.717, 1.165) is 11.1 Å². The Morgan fingerprint density at radius 3 is 2.90 bits per heavy atom. The zero-order valence-corrected chi connectivity index (χ0v) is 12.5. The fourth-order valence-electron chi connectivity index (χ4n) is 1.93. The highest BCUT2D eigenvalue weighted by Crippen LogP contribution is 2.19. The Bertz CT molecular complexity index is 610. The van der Waals surface area contributed by atoms with E-state index in [-0.39, 0.29) is 12.5 Å². The third-order valence-electron chi connectivity index (χ3n) is 2.84. The van der Waals surface area contributed by atoms with Gasteiger partial charge in [-0.1, -0.05) is 17.7 Å². The maximum Gasteiger partial charge on any atom is 0.320 e. The molecular weight excluding hydrogens is 270 g/mol. The van der Waals surface area contributed by atoms with E-state index in [1.54, 1.807) is 18.9 Å². The van der Waals surface area contributed by atoms with Gasteiger partial charge in [0.05, 0.1) is 19.7 Å². The van der Waals surface area contributed by atoms with E-state index >= 15 is 0 Å². The van der Waals surface area contributed by atoms with Gasteiger partial charge in [-0.3, -0.25) is 9.69 Å². The van der Waals surface area contributed by atoms with Gasteiger partial charge in [0.2, 0.25) is 11.8 Å². The molecule has 2 aromatic rings. The zero-order valence-electron chi connectivity index (χ0n) is 12.5. The summed E-state index contributed by atoms with van der Waals surface area (Å²) in [6.45, 7) is 4.76. The first-order chi connectivity index (χ1) is 10.1. The molecule has 1 aromatic carbocycles. The van der Waals surface area contributed by atoms with Crippen LogP contribution in [-0.4, -0.2) is 41.3 Å². The number of rotatable bonds is 6. The highest BCUT2D eigenvalue weighted by Gasteiger charge is 2.13. The van der Waals surface area contributed by atoms with Gasteiger partial charge in [0.15, 0.2) is 0 Å². The van der Waals surface area contributed by atoms with Crippen molar-refractivity contribution in [1.29, 1.82) is 0 Å². The molecule has 0 amide bonds. The van der Waals surface area contributed by atoms with Crippen LogP contribution in [0, 0.1) is 6.92 Å². The van der Waals surface area contributed by atoms with Gasteiger partial charge in [0.1, 0.15) is 0 Å². The quantitative estimate of drug-likeness (QED) is 0.758. The Hall–Kier alpha value is -2.21. The molecule has 0 N–H and O–H groups in total. The summed E-state index contributed by atoms with van der Waals surface area (Å²) in [6, 6.07) is 7.86. The number of likely N-dealkylation sites (N-methyl/N-ethyl adjacent to an activating group) is 1. The molecule has 0 saturated carbocycles. The minimum atomic E-state index is -0.265. The highest BCUT2D eigenvalue weighted by molar-refractivity contribution is 5.71. The summed E-state index contributed by atoms with van der Waals surface area (Å²) in [5.41, 5.74) is 2.02. The van der Waals surface area contributed by atoms with Crippen LogP contribution in [0.2, 0.25) is 0 Å². The maximum atomic E-state index is 11.4. The topological polar surface area (TPSA) is 68.5 Å². The van der Waals surface area contributed by atoms with E-state index < -0.39 is 0 Å². The predicted molar refractivity (Wildman–Crippen MR) is 77.4 cm³/mol. The number of benzene rings is 1. The zero-order chi connectivity index (χ0) is 15.2. The number of hydrogen-bond acceptors (Lipinski definition) is 6. The first-order valence-corrected chi connectivity index (χ1v) is 6.82. The Balaban J connectivity index is 1.98. The van der Waals surface area contributed by atoms with E-state index in [2.05, 4.69) is 10.2 Å². The third-order valence-corrected chi connectivity index (χ3v) is 2.84. The van der Waals surface area contributed by atoms with Gasteiger partial charge in [0.25, 0.3) is 0 Å². The number of ether oxygens (including phenoxy) is 1. The van der Waals surface area contributed by atoms with E-state index in [0.29, 0.717) is 24.9 Å². The van der Waals surface area contributed by atoms with Crippen molar-refractivity contribution in [2.24, 2.45) is 0 Å². The minimum absolute atomic E-state index is 0.190. The molecule has 0 bridgehead atoms. The summed E-state index contributed by atoms with van der Waals surface area (Å²) >= 11 is 0. The molecule has 1 heterocycles. The van der Waals surface area contributed by atoms with Crippen molar-refractivity contribution in [3.63, 3.8) is 0 Å². The van der Waals surface area contributed by atoms with Crippen LogP contribution in [0.3, 0.4) is 0 Å². The molecular formula is C15H19N3O3. The van der Waals surface area contributed by atoms with Crippen LogP contribution in [0.4, 0.5) is 0 Å². The van der Waals surface area contributed by atoms with E-state index in [1.165, 1.54) is 0 Å². The second-order valence-corrected chi connectivity index (χ2v) is 4.85. The van der Waals surface area contributed by atoms with Gasteiger partial charge in [-0.05, 0) is 33.0 Å². The lowest BCUT2D eigenvalue weighted by Crippen LogP contribution is -2.27. The highest BCUT2D eigenvalue weighted by atomic mass is 16.5. The lowest BCUT2D eigenvalue weighted by Gasteiger charge is -2.12. The van der Waals surface area contributed by atoms with E-state index in [1.807, 2.05) is 31.2 Å². The fourth-order valence-corrected chi connectivity index (χ4v) is 1.93. The molecule has 21 heavy (non-hydrogen) atoms. The SMILES string of the molecule is CCOC(=O)CN(C)Cc1nnc(-c2cccc(C)c2)o1. The predicted octanol–water partition coefficient (Wildman–Crippen LogP) is 2.04. The third kappa shape index (κ3) is 4.39. The van der Waals surface area contributed by atoms with E-state index in [4.69, 9.17) is 9.15 Å². The van der Waals surface area contributed by atoms with Gasteiger partial charge in [-0.2, -0.15) is 0 Å². The maximum absolute atomic E-state index is 11.4. The molecule has 0 radical (unpaired) electrons. The standard InChI is InChI=1S/C15H19N3O3/c1-4-20-14(19)10-18(3)9-13-16-17-15(21-13)12-7-5-6-11(2)8-12/h5-8H,4,9-10H2,1-3H3. The van der Waals surface area contributed by atoms with Gasteiger partial charge in [0, 0.05) is 5.56 Å². The van der Waals surface area contributed by atoms with Crippen molar-refractivity contribution in [3.8, 4) is 11.5 Å². The Morgan fingerprint density at radius 1 is 1.38 bits per heavy atom. The van der Waals surface area contributed by atoms with Gasteiger partial charge in [-0.15, -0.1) is 10.2 Å². The molecule has 0 aliphatic carbocycles. The molecule has 0 fully saturated rings. The number of carbonyl (C=O) groups excluding carboxylic acids is 1. The molecule has 1 aromatic heterocycles. The average Bonchev–Trinajstić information content (AvgIpc) is 2.87. The van der Waals surface area contributed by atoms with Gasteiger partial charge in [-0.25, -0.2) is 0 Å². The van der Waals surface area contributed by atoms with Crippen molar-refractivity contribution in [2.75, 3.05) is 20.2 Å². The van der Waals surface area contributed by atoms with Gasteiger partial charge >= 0.3 is 5.97 Å². The number of aromatic nitrogens is 2. The van der Waals surface area contributed by atoms with Crippen LogP contribution >= 0.6 is 0 Å². The van der Waals surface area contributed by atoms with Crippen LogP contribution in [0.15, 0.2) is 28.7 Å². The summed E-state index contributed by atoms with van der Waals surface area (Å²) in [5.74, 6) is 0.690. The lowest BCUT2D eigenvalue weighted by atomic mass is 10.1. The number of carbonyl (C=O) groups is 1. The minimum Gasteiger partial charge on any atom is -0.465 e. The number of aryl methyl sites for hydroxylation is 1. The second kappa shape index (κ2) is 6.99. The first kappa shape index (κ1) is 15.2. The molecule has 0 atom stereocenters. The van der Waals surface area contributed by atoms with Gasteiger partial charge < -0.3 is 9.15 Å². The molecule has 0 saturated heterocycles. The Labute approximate surface area is 123 Å². The van der Waals surface area contributed by atoms with Crippen molar-refractivity contribution in [1.82, 2.24) is 15.1 Å². The summed E-state index contributed by atoms with van der Waals surface area (Å²) in [4.78, 5) is 13.1. The normalized spacial score (nSPS) is 10.9. The molecule has 112 valence electrons. The molecule has 0 unspecified atom stereocenters. The molecule has 6 nitrogen and oxygen atoms in total. The van der Waals surface area contributed by atoms with Crippen LogP contribution in [-0.2, 0) is 16.1 Å².